The van der Waals surface area contributed by atoms with Crippen molar-refractivity contribution in [1.82, 2.24) is 0 Å². The topological polar surface area (TPSA) is 0 Å². The fourth-order valence-electron chi connectivity index (χ4n) is 1.29. The smallest absolute Gasteiger partial charge is 0.131 e. The molecule has 0 nitrogen and oxygen atoms in total. The van der Waals surface area contributed by atoms with Crippen LogP contribution in [0.1, 0.15) is 0 Å². The van der Waals surface area contributed by atoms with Gasteiger partial charge >= 0.3 is 0 Å². The molecule has 0 saturated carbocycles. The number of benzene rings is 1. The zero-order valence-corrected chi connectivity index (χ0v) is 9.48. The van der Waals surface area contributed by atoms with Gasteiger partial charge in [-0.05, 0) is 6.07 Å². The number of hydrogen-bond acceptors (Lipinski definition) is 3. The minimum Gasteiger partial charge on any atom is -0.206 e. The molecule has 70 valence electrons. The Morgan fingerprint density at radius 2 is 1.71 bits per heavy atom. The fourth-order valence-corrected chi connectivity index (χ4v) is 2.31. The van der Waals surface area contributed by atoms with Crippen molar-refractivity contribution < 1.29 is 4.39 Å². The van der Waals surface area contributed by atoms with Crippen molar-refractivity contribution in [2.45, 2.75) is 4.90 Å². The SMILES string of the molecule is Fc1ccccc1-c1c(S)c(=S)c1=S. The lowest BCUT2D eigenvalue weighted by Gasteiger charge is -2.10. The molecule has 4 heteroatoms. The molecule has 0 aliphatic rings. The number of thiol groups is 1. The van der Waals surface area contributed by atoms with E-state index in [1.165, 1.54) is 6.07 Å². The molecule has 0 bridgehead atoms. The fraction of sp³-hybridized carbons (Fsp3) is 0. The molecule has 0 radical (unpaired) electrons. The van der Waals surface area contributed by atoms with Gasteiger partial charge in [0.05, 0.1) is 9.02 Å². The Hall–Kier alpha value is -0.580. The molecule has 2 aromatic carbocycles. The molecule has 0 aliphatic heterocycles. The van der Waals surface area contributed by atoms with Crippen LogP contribution in [0, 0.1) is 14.8 Å². The van der Waals surface area contributed by atoms with E-state index in [-0.39, 0.29) is 5.82 Å². The Bertz CT molecular complexity index is 565. The maximum absolute atomic E-state index is 13.4. The van der Waals surface area contributed by atoms with Crippen LogP contribution in [0.2, 0.25) is 0 Å². The summed E-state index contributed by atoms with van der Waals surface area (Å²) in [6.07, 6.45) is 0. The molecule has 2 rings (SSSR count). The first-order valence-electron chi connectivity index (χ1n) is 3.90. The van der Waals surface area contributed by atoms with Crippen molar-refractivity contribution in [3.8, 4) is 11.1 Å². The van der Waals surface area contributed by atoms with E-state index < -0.39 is 0 Å². The Morgan fingerprint density at radius 3 is 2.29 bits per heavy atom. The van der Waals surface area contributed by atoms with Crippen LogP contribution >= 0.6 is 37.1 Å². The quantitative estimate of drug-likeness (QED) is 0.588. The van der Waals surface area contributed by atoms with Gasteiger partial charge in [-0.15, -0.1) is 12.6 Å². The summed E-state index contributed by atoms with van der Waals surface area (Å²) in [7, 11) is 0. The summed E-state index contributed by atoms with van der Waals surface area (Å²) in [5.41, 5.74) is 1.14. The third-order valence-corrected chi connectivity index (χ3v) is 3.57. The van der Waals surface area contributed by atoms with Crippen LogP contribution in [-0.4, -0.2) is 0 Å². The standard InChI is InChI=1S/C10H5FS3/c11-6-4-2-1-3-5(6)7-8(12)10(14)9(7)13/h1-4,12H. The van der Waals surface area contributed by atoms with E-state index in [1.807, 2.05) is 0 Å². The van der Waals surface area contributed by atoms with Gasteiger partial charge in [-0.2, -0.15) is 0 Å². The third kappa shape index (κ3) is 1.34. The van der Waals surface area contributed by atoms with E-state index in [0.717, 1.165) is 0 Å². The van der Waals surface area contributed by atoms with Crippen molar-refractivity contribution in [3.63, 3.8) is 0 Å². The summed E-state index contributed by atoms with van der Waals surface area (Å²) < 4.78 is 14.5. The maximum atomic E-state index is 13.4. The summed E-state index contributed by atoms with van der Waals surface area (Å²) in [4.78, 5) is 0.620. The average molecular weight is 240 g/mol. The second kappa shape index (κ2) is 3.53. The van der Waals surface area contributed by atoms with Gasteiger partial charge in [-0.25, -0.2) is 4.39 Å². The lowest BCUT2D eigenvalue weighted by Crippen LogP contribution is -1.92. The van der Waals surface area contributed by atoms with Crippen molar-refractivity contribution in [2.75, 3.05) is 0 Å². The van der Waals surface area contributed by atoms with E-state index >= 15 is 0 Å². The van der Waals surface area contributed by atoms with Crippen LogP contribution in [0.4, 0.5) is 4.39 Å². The molecule has 0 atom stereocenters. The predicted molar refractivity (Wildman–Crippen MR) is 63.1 cm³/mol. The van der Waals surface area contributed by atoms with Gasteiger partial charge in [0.25, 0.3) is 0 Å². The summed E-state index contributed by atoms with van der Waals surface area (Å²) >= 11 is 14.2. The molecule has 0 spiro atoms. The third-order valence-electron chi connectivity index (χ3n) is 2.03. The molecule has 0 fully saturated rings. The van der Waals surface area contributed by atoms with Gasteiger partial charge in [-0.1, -0.05) is 42.6 Å². The van der Waals surface area contributed by atoms with E-state index in [2.05, 4.69) is 12.6 Å². The second-order valence-corrected chi connectivity index (χ2v) is 4.13. The molecule has 2 aromatic rings. The first-order chi connectivity index (χ1) is 6.63. The van der Waals surface area contributed by atoms with E-state index in [4.69, 9.17) is 24.4 Å². The first kappa shape index (κ1) is 9.96. The van der Waals surface area contributed by atoms with Crippen molar-refractivity contribution >= 4 is 37.1 Å². The minimum atomic E-state index is -0.293. The molecule has 0 unspecified atom stereocenters. The molecular formula is C10H5FS3. The zero-order chi connectivity index (χ0) is 10.3. The van der Waals surface area contributed by atoms with Crippen molar-refractivity contribution in [3.05, 3.63) is 39.1 Å². The van der Waals surface area contributed by atoms with Gasteiger partial charge in [0.15, 0.2) is 0 Å². The molecule has 0 N–H and O–H groups in total. The van der Waals surface area contributed by atoms with Crippen LogP contribution in [-0.2, 0) is 0 Å². The van der Waals surface area contributed by atoms with E-state index in [0.29, 0.717) is 25.0 Å². The summed E-state index contributed by atoms with van der Waals surface area (Å²) in [5, 5.41) is 0. The lowest BCUT2D eigenvalue weighted by atomic mass is 10.0. The number of rotatable bonds is 1. The highest BCUT2D eigenvalue weighted by molar-refractivity contribution is 7.81. The zero-order valence-electron chi connectivity index (χ0n) is 6.95. The van der Waals surface area contributed by atoms with Crippen LogP contribution in [0.5, 0.6) is 0 Å². The maximum Gasteiger partial charge on any atom is 0.131 e. The van der Waals surface area contributed by atoms with Crippen molar-refractivity contribution in [1.29, 1.82) is 0 Å². The van der Waals surface area contributed by atoms with Crippen LogP contribution < -0.4 is 0 Å². The molecular weight excluding hydrogens is 235 g/mol. The van der Waals surface area contributed by atoms with Crippen LogP contribution in [0.3, 0.4) is 0 Å². The van der Waals surface area contributed by atoms with Gasteiger partial charge in [0.2, 0.25) is 0 Å². The molecule has 0 aliphatic carbocycles. The summed E-state index contributed by atoms with van der Waals surface area (Å²) in [5.74, 6) is -0.293. The highest BCUT2D eigenvalue weighted by Gasteiger charge is 2.15. The van der Waals surface area contributed by atoms with Crippen molar-refractivity contribution in [2.24, 2.45) is 0 Å². The molecule has 0 saturated heterocycles. The monoisotopic (exact) mass is 240 g/mol. The largest absolute Gasteiger partial charge is 0.206 e. The molecule has 0 amide bonds. The van der Waals surface area contributed by atoms with Gasteiger partial charge in [-0.3, -0.25) is 0 Å². The summed E-state index contributed by atoms with van der Waals surface area (Å²) in [6, 6.07) is 6.47. The van der Waals surface area contributed by atoms with Gasteiger partial charge in [0.1, 0.15) is 5.82 Å². The molecule has 0 heterocycles. The Kier molecular flexibility index (Phi) is 2.51. The number of halogens is 1. The highest BCUT2D eigenvalue weighted by Crippen LogP contribution is 2.35. The predicted octanol–water partition coefficient (Wildman–Crippen LogP) is 4.12. The van der Waals surface area contributed by atoms with Crippen LogP contribution in [0.15, 0.2) is 29.2 Å². The lowest BCUT2D eigenvalue weighted by molar-refractivity contribution is 0.630. The minimum absolute atomic E-state index is 0.293. The van der Waals surface area contributed by atoms with E-state index in [1.54, 1.807) is 18.2 Å². The van der Waals surface area contributed by atoms with E-state index in [9.17, 15) is 4.39 Å². The second-order valence-electron chi connectivity index (χ2n) is 2.86. The average Bonchev–Trinajstić information content (AvgIpc) is 2.21. The normalized spacial score (nSPS) is 10.7. The highest BCUT2D eigenvalue weighted by atomic mass is 32.1. The summed E-state index contributed by atoms with van der Waals surface area (Å²) in [6.45, 7) is 0. The molecule has 14 heavy (non-hydrogen) atoms. The Labute approximate surface area is 96.5 Å². The number of hydrogen-bond donors (Lipinski definition) is 1. The van der Waals surface area contributed by atoms with Crippen LogP contribution in [0.25, 0.3) is 11.1 Å². The van der Waals surface area contributed by atoms with Gasteiger partial charge < -0.3 is 0 Å². The Balaban J connectivity index is 2.69. The molecule has 0 aromatic heterocycles. The Morgan fingerprint density at radius 1 is 1.07 bits per heavy atom. The first-order valence-corrected chi connectivity index (χ1v) is 5.16. The van der Waals surface area contributed by atoms with Gasteiger partial charge in [0, 0.05) is 16.0 Å².